The van der Waals surface area contributed by atoms with Crippen molar-refractivity contribution in [1.29, 1.82) is 0 Å². The van der Waals surface area contributed by atoms with E-state index in [0.717, 1.165) is 18.4 Å². The van der Waals surface area contributed by atoms with E-state index in [0.29, 0.717) is 6.42 Å². The Hall–Kier alpha value is -1.16. The van der Waals surface area contributed by atoms with Crippen LogP contribution in [0.1, 0.15) is 53.9 Å². The molecule has 118 valence electrons. The van der Waals surface area contributed by atoms with Crippen molar-refractivity contribution in [1.82, 2.24) is 0 Å². The highest BCUT2D eigenvalue weighted by atomic mass is 16.5. The molecule has 4 nitrogen and oxygen atoms in total. The Morgan fingerprint density at radius 1 is 1.48 bits per heavy atom. The van der Waals surface area contributed by atoms with Gasteiger partial charge in [-0.2, -0.15) is 0 Å². The Kier molecular flexibility index (Phi) is 4.04. The maximum absolute atomic E-state index is 11.9. The van der Waals surface area contributed by atoms with Gasteiger partial charge < -0.3 is 9.84 Å². The highest BCUT2D eigenvalue weighted by Crippen LogP contribution is 2.54. The van der Waals surface area contributed by atoms with Crippen LogP contribution in [0.15, 0.2) is 11.6 Å². The molecule has 4 heteroatoms. The maximum Gasteiger partial charge on any atom is 0.302 e. The number of rotatable bonds is 2. The molecule has 21 heavy (non-hydrogen) atoms. The number of fused-ring (bicyclic) bond motifs is 1. The van der Waals surface area contributed by atoms with Crippen molar-refractivity contribution in [2.24, 2.45) is 17.3 Å². The average Bonchev–Trinajstić information content (AvgIpc) is 2.23. The fraction of sp³-hybridized carbons (Fsp3) is 0.765. The van der Waals surface area contributed by atoms with Gasteiger partial charge >= 0.3 is 5.97 Å². The summed E-state index contributed by atoms with van der Waals surface area (Å²) in [6.45, 7) is 8.97. The van der Waals surface area contributed by atoms with Gasteiger partial charge in [-0.1, -0.05) is 12.5 Å². The first-order valence-electron chi connectivity index (χ1n) is 7.65. The minimum absolute atomic E-state index is 0.00396. The van der Waals surface area contributed by atoms with Crippen molar-refractivity contribution in [3.63, 3.8) is 0 Å². The third-order valence-corrected chi connectivity index (χ3v) is 5.17. The van der Waals surface area contributed by atoms with Crippen LogP contribution in [0.3, 0.4) is 0 Å². The Morgan fingerprint density at radius 3 is 2.62 bits per heavy atom. The van der Waals surface area contributed by atoms with Gasteiger partial charge in [-0.15, -0.1) is 0 Å². The first-order chi connectivity index (χ1) is 9.54. The van der Waals surface area contributed by atoms with E-state index in [1.54, 1.807) is 19.9 Å². The van der Waals surface area contributed by atoms with E-state index < -0.39 is 5.60 Å². The summed E-state index contributed by atoms with van der Waals surface area (Å²) >= 11 is 0. The van der Waals surface area contributed by atoms with Gasteiger partial charge in [-0.3, -0.25) is 9.59 Å². The van der Waals surface area contributed by atoms with Gasteiger partial charge in [0.15, 0.2) is 5.78 Å². The summed E-state index contributed by atoms with van der Waals surface area (Å²) in [5.74, 6) is -0.293. The number of allylic oxidation sites excluding steroid dienone is 1. The summed E-state index contributed by atoms with van der Waals surface area (Å²) in [5, 5.41) is 10.5. The van der Waals surface area contributed by atoms with Crippen LogP contribution in [0.5, 0.6) is 0 Å². The zero-order valence-corrected chi connectivity index (χ0v) is 13.6. The van der Waals surface area contributed by atoms with Crippen LogP contribution in [0.2, 0.25) is 0 Å². The highest BCUT2D eigenvalue weighted by Gasteiger charge is 2.54. The number of hydrogen-bond acceptors (Lipinski definition) is 4. The summed E-state index contributed by atoms with van der Waals surface area (Å²) in [4.78, 5) is 23.5. The van der Waals surface area contributed by atoms with Gasteiger partial charge in [-0.25, -0.2) is 0 Å². The molecule has 0 aromatic heterocycles. The van der Waals surface area contributed by atoms with Crippen LogP contribution < -0.4 is 0 Å². The van der Waals surface area contributed by atoms with Crippen molar-refractivity contribution in [2.75, 3.05) is 0 Å². The molecule has 2 aliphatic rings. The Labute approximate surface area is 126 Å². The van der Waals surface area contributed by atoms with E-state index in [9.17, 15) is 14.7 Å². The third-order valence-electron chi connectivity index (χ3n) is 5.17. The van der Waals surface area contributed by atoms with Crippen LogP contribution in [0, 0.1) is 17.3 Å². The first-order valence-corrected chi connectivity index (χ1v) is 7.65. The van der Waals surface area contributed by atoms with Gasteiger partial charge in [-0.05, 0) is 45.1 Å². The summed E-state index contributed by atoms with van der Waals surface area (Å²) in [5.41, 5.74) is -0.130. The molecule has 4 atom stereocenters. The molecule has 0 saturated heterocycles. The van der Waals surface area contributed by atoms with Gasteiger partial charge in [0.05, 0.1) is 5.60 Å². The molecule has 1 fully saturated rings. The van der Waals surface area contributed by atoms with Crippen LogP contribution >= 0.6 is 0 Å². The summed E-state index contributed by atoms with van der Waals surface area (Å²) in [6, 6.07) is 0. The minimum atomic E-state index is -0.914. The minimum Gasteiger partial charge on any atom is -0.461 e. The van der Waals surface area contributed by atoms with Gasteiger partial charge in [0.2, 0.25) is 0 Å². The Bertz CT molecular complexity index is 486. The molecule has 1 saturated carbocycles. The van der Waals surface area contributed by atoms with Crippen molar-refractivity contribution >= 4 is 11.8 Å². The summed E-state index contributed by atoms with van der Waals surface area (Å²) < 4.78 is 5.62. The molecule has 1 N–H and O–H groups in total. The van der Waals surface area contributed by atoms with E-state index in [1.807, 2.05) is 6.92 Å². The smallest absolute Gasteiger partial charge is 0.302 e. The highest BCUT2D eigenvalue weighted by molar-refractivity contribution is 5.92. The van der Waals surface area contributed by atoms with Crippen LogP contribution in [-0.4, -0.2) is 28.6 Å². The van der Waals surface area contributed by atoms with Crippen molar-refractivity contribution in [3.05, 3.63) is 11.6 Å². The largest absolute Gasteiger partial charge is 0.461 e. The first kappa shape index (κ1) is 16.2. The molecule has 2 rings (SSSR count). The molecular formula is C17H26O4. The van der Waals surface area contributed by atoms with Crippen molar-refractivity contribution < 1.29 is 19.4 Å². The second-order valence-corrected chi connectivity index (χ2v) is 7.54. The number of carbonyl (C=O) groups is 2. The third kappa shape index (κ3) is 3.05. The van der Waals surface area contributed by atoms with E-state index in [-0.39, 0.29) is 35.1 Å². The van der Waals surface area contributed by atoms with Gasteiger partial charge in [0.1, 0.15) is 6.10 Å². The number of ketones is 1. The SMILES string of the molecule is CC(=O)OC1C(C(C)(C)O)CCC2(C)CC(=O)C=C(C)C12. The fourth-order valence-corrected chi connectivity index (χ4v) is 4.33. The predicted octanol–water partition coefficient (Wildman–Crippen LogP) is 2.64. The molecule has 0 spiro atoms. The maximum atomic E-state index is 11.9. The van der Waals surface area contributed by atoms with Gasteiger partial charge in [0.25, 0.3) is 0 Å². The summed E-state index contributed by atoms with van der Waals surface area (Å²) in [6.07, 6.45) is 3.42. The second-order valence-electron chi connectivity index (χ2n) is 7.54. The quantitative estimate of drug-likeness (QED) is 0.795. The number of esters is 1. The molecule has 0 amide bonds. The molecule has 2 aliphatic carbocycles. The molecule has 0 aromatic rings. The molecule has 4 unspecified atom stereocenters. The lowest BCUT2D eigenvalue weighted by Crippen LogP contribution is -2.55. The second kappa shape index (κ2) is 5.24. The predicted molar refractivity (Wildman–Crippen MR) is 79.6 cm³/mol. The monoisotopic (exact) mass is 294 g/mol. The molecule has 0 aromatic carbocycles. The number of hydrogen-bond donors (Lipinski definition) is 1. The van der Waals surface area contributed by atoms with Gasteiger partial charge in [0, 0.05) is 25.2 Å². The number of carbonyl (C=O) groups excluding carboxylic acids is 2. The lowest BCUT2D eigenvalue weighted by molar-refractivity contribution is -0.173. The lowest BCUT2D eigenvalue weighted by atomic mass is 9.54. The Balaban J connectivity index is 2.45. The average molecular weight is 294 g/mol. The van der Waals surface area contributed by atoms with Crippen LogP contribution in [-0.2, 0) is 14.3 Å². The van der Waals surface area contributed by atoms with E-state index >= 15 is 0 Å². The van der Waals surface area contributed by atoms with E-state index in [1.165, 1.54) is 6.92 Å². The lowest BCUT2D eigenvalue weighted by Gasteiger charge is -2.53. The number of aliphatic hydroxyl groups is 1. The molecule has 0 radical (unpaired) electrons. The number of ether oxygens (including phenoxy) is 1. The van der Waals surface area contributed by atoms with E-state index in [4.69, 9.17) is 4.74 Å². The van der Waals surface area contributed by atoms with E-state index in [2.05, 4.69) is 6.92 Å². The van der Waals surface area contributed by atoms with Crippen LogP contribution in [0.25, 0.3) is 0 Å². The molecule has 0 bridgehead atoms. The summed E-state index contributed by atoms with van der Waals surface area (Å²) in [7, 11) is 0. The van der Waals surface area contributed by atoms with Crippen molar-refractivity contribution in [3.8, 4) is 0 Å². The molecule has 0 heterocycles. The normalized spacial score (nSPS) is 36.8. The van der Waals surface area contributed by atoms with Crippen molar-refractivity contribution in [2.45, 2.75) is 65.6 Å². The standard InChI is InChI=1S/C17H26O4/c1-10-8-12(19)9-17(5)7-6-13(16(3,4)20)15(14(10)17)21-11(2)18/h8,13-15,20H,6-7,9H2,1-5H3. The molecule has 0 aliphatic heterocycles. The zero-order valence-electron chi connectivity index (χ0n) is 13.6. The Morgan fingerprint density at radius 2 is 2.10 bits per heavy atom. The zero-order chi connectivity index (χ0) is 16.0. The fourth-order valence-electron chi connectivity index (χ4n) is 4.33. The topological polar surface area (TPSA) is 63.6 Å². The van der Waals surface area contributed by atoms with Crippen LogP contribution in [0.4, 0.5) is 0 Å². The molecular weight excluding hydrogens is 268 g/mol.